The van der Waals surface area contributed by atoms with E-state index < -0.39 is 12.1 Å². The van der Waals surface area contributed by atoms with Gasteiger partial charge in [-0.05, 0) is 19.4 Å². The van der Waals surface area contributed by atoms with Crippen LogP contribution in [0.2, 0.25) is 0 Å². The van der Waals surface area contributed by atoms with E-state index >= 15 is 0 Å². The second kappa shape index (κ2) is 8.78. The van der Waals surface area contributed by atoms with Crippen molar-refractivity contribution in [1.82, 2.24) is 0 Å². The molecule has 0 bridgehead atoms. The molecule has 4 atom stereocenters. The molecule has 0 aliphatic carbocycles. The Morgan fingerprint density at radius 1 is 1.00 bits per heavy atom. The summed E-state index contributed by atoms with van der Waals surface area (Å²) in [4.78, 5) is 1.16. The minimum atomic E-state index is -0.652. The van der Waals surface area contributed by atoms with Crippen LogP contribution in [0.1, 0.15) is 19.4 Å². The molecule has 0 radical (unpaired) electrons. The second-order valence-corrected chi connectivity index (χ2v) is 7.88. The Kier molecular flexibility index (Phi) is 6.63. The van der Waals surface area contributed by atoms with Crippen LogP contribution in [0.25, 0.3) is 0 Å². The molecule has 4 rings (SSSR count). The molecule has 27 heavy (non-hydrogen) atoms. The second-order valence-electron chi connectivity index (χ2n) is 6.90. The molecule has 2 saturated heterocycles. The van der Waals surface area contributed by atoms with Crippen LogP contribution >= 0.6 is 0 Å². The molecule has 0 unspecified atom stereocenters. The minimum Gasteiger partial charge on any atom is -1.00 e. The molecule has 0 amide bonds. The Bertz CT molecular complexity index is 753. The Hall–Kier alpha value is -1.34. The molecule has 0 aromatic heterocycles. The predicted octanol–water partition coefficient (Wildman–Crippen LogP) is 0.396. The molecule has 2 aliphatic heterocycles. The van der Waals surface area contributed by atoms with Gasteiger partial charge in [0.25, 0.3) is 0 Å². The molecule has 4 nitrogen and oxygen atoms in total. The standard InChI is InChI=1S/C21H23O4S.ClH/c1-21(2)24-19-18(22-13-15-9-5-3-6-10-15)17(23-20(19)25-21)14-26-16-11-7-4-8-12-16;/h3-12,14,17-20H,13H2,1-2H3;1H/q+1;/p-1/t17-,18+,19-,20-;/m1./s1. The van der Waals surface area contributed by atoms with Crippen molar-refractivity contribution in [3.63, 3.8) is 0 Å². The lowest BCUT2D eigenvalue weighted by Gasteiger charge is -2.23. The number of hydrogen-bond donors (Lipinski definition) is 0. The van der Waals surface area contributed by atoms with Crippen LogP contribution in [0, 0.1) is 0 Å². The fourth-order valence-electron chi connectivity index (χ4n) is 3.21. The quantitative estimate of drug-likeness (QED) is 0.532. The van der Waals surface area contributed by atoms with Crippen LogP contribution in [-0.2, 0) is 36.9 Å². The van der Waals surface area contributed by atoms with Crippen molar-refractivity contribution in [3.8, 4) is 0 Å². The van der Waals surface area contributed by atoms with E-state index in [0.717, 1.165) is 10.5 Å². The lowest BCUT2D eigenvalue weighted by molar-refractivity contribution is -0.210. The molecule has 2 aliphatic rings. The van der Waals surface area contributed by atoms with Gasteiger partial charge in [0, 0.05) is 12.1 Å². The maximum Gasteiger partial charge on any atom is 0.230 e. The first-order valence-electron chi connectivity index (χ1n) is 8.82. The minimum absolute atomic E-state index is 0. The molecule has 0 N–H and O–H groups in total. The van der Waals surface area contributed by atoms with Crippen molar-refractivity contribution in [1.29, 1.82) is 0 Å². The maximum atomic E-state index is 6.22. The number of hydrogen-bond acceptors (Lipinski definition) is 4. The SMILES string of the molecule is CC1(C)O[C@H]2O[C@H](C=[S+]c3ccccc3)[C@H](OCc3ccccc3)[C@H]2O1.[Cl-]. The number of fused-ring (bicyclic) bond motifs is 1. The summed E-state index contributed by atoms with van der Waals surface area (Å²) in [5.41, 5.74) is 1.13. The van der Waals surface area contributed by atoms with Crippen LogP contribution in [0.15, 0.2) is 65.6 Å². The van der Waals surface area contributed by atoms with E-state index in [1.54, 1.807) is 11.4 Å². The highest BCUT2D eigenvalue weighted by atomic mass is 35.5. The number of rotatable bonds is 5. The summed E-state index contributed by atoms with van der Waals surface area (Å²) in [5.74, 6) is -0.652. The molecule has 144 valence electrons. The summed E-state index contributed by atoms with van der Waals surface area (Å²) in [5, 5.41) is 2.07. The summed E-state index contributed by atoms with van der Waals surface area (Å²) >= 11 is 1.64. The van der Waals surface area contributed by atoms with E-state index in [4.69, 9.17) is 18.9 Å². The third-order valence-corrected chi connectivity index (χ3v) is 5.34. The van der Waals surface area contributed by atoms with Gasteiger partial charge in [-0.25, -0.2) is 0 Å². The van der Waals surface area contributed by atoms with E-state index in [9.17, 15) is 0 Å². The van der Waals surface area contributed by atoms with Crippen LogP contribution in [0.3, 0.4) is 0 Å². The predicted molar refractivity (Wildman–Crippen MR) is 102 cm³/mol. The van der Waals surface area contributed by atoms with Gasteiger partial charge in [-0.2, -0.15) is 0 Å². The van der Waals surface area contributed by atoms with Gasteiger partial charge >= 0.3 is 0 Å². The number of ether oxygens (including phenoxy) is 4. The molecule has 2 heterocycles. The number of halogens is 1. The van der Waals surface area contributed by atoms with E-state index in [1.165, 1.54) is 0 Å². The summed E-state index contributed by atoms with van der Waals surface area (Å²) in [6.45, 7) is 4.32. The lowest BCUT2D eigenvalue weighted by Crippen LogP contribution is -3.00. The third kappa shape index (κ3) is 4.93. The summed E-state index contributed by atoms with van der Waals surface area (Å²) in [6.07, 6.45) is -1.04. The highest BCUT2D eigenvalue weighted by Gasteiger charge is 2.56. The van der Waals surface area contributed by atoms with Gasteiger partial charge in [-0.1, -0.05) is 48.5 Å². The van der Waals surface area contributed by atoms with Gasteiger partial charge in [-0.3, -0.25) is 0 Å². The largest absolute Gasteiger partial charge is 1.00 e. The van der Waals surface area contributed by atoms with E-state index in [1.807, 2.05) is 50.2 Å². The molecule has 2 fully saturated rings. The molecule has 0 spiro atoms. The van der Waals surface area contributed by atoms with Gasteiger partial charge in [0.05, 0.1) is 6.61 Å². The van der Waals surface area contributed by atoms with Crippen molar-refractivity contribution in [3.05, 3.63) is 66.2 Å². The zero-order chi connectivity index (χ0) is 18.0. The first-order valence-corrected chi connectivity index (χ1v) is 9.70. The highest BCUT2D eigenvalue weighted by Crippen LogP contribution is 2.38. The molecule has 0 saturated carbocycles. The average molecular weight is 407 g/mol. The smallest absolute Gasteiger partial charge is 0.230 e. The zero-order valence-electron chi connectivity index (χ0n) is 15.3. The first-order chi connectivity index (χ1) is 12.6. The maximum absolute atomic E-state index is 6.22. The van der Waals surface area contributed by atoms with Gasteiger partial charge in [0.2, 0.25) is 21.6 Å². The number of benzene rings is 2. The van der Waals surface area contributed by atoms with Crippen molar-refractivity contribution in [2.75, 3.05) is 0 Å². The lowest BCUT2D eigenvalue weighted by atomic mass is 10.1. The fourth-order valence-corrected chi connectivity index (χ4v) is 4.04. The average Bonchev–Trinajstić information content (AvgIpc) is 3.11. The Balaban J connectivity index is 0.00000210. The fraction of sp³-hybridized carbons (Fsp3) is 0.381. The van der Waals surface area contributed by atoms with Crippen LogP contribution < -0.4 is 12.4 Å². The van der Waals surface area contributed by atoms with Gasteiger partial charge in [0.15, 0.2) is 18.2 Å². The zero-order valence-corrected chi connectivity index (χ0v) is 16.9. The molecule has 2 aromatic rings. The molecular weight excluding hydrogens is 384 g/mol. The van der Waals surface area contributed by atoms with Crippen LogP contribution in [0.5, 0.6) is 0 Å². The highest BCUT2D eigenvalue weighted by molar-refractivity contribution is 7.77. The summed E-state index contributed by atoms with van der Waals surface area (Å²) in [6, 6.07) is 20.4. The van der Waals surface area contributed by atoms with Crippen molar-refractivity contribution in [2.45, 2.75) is 55.7 Å². The third-order valence-electron chi connectivity index (χ3n) is 4.39. The van der Waals surface area contributed by atoms with Gasteiger partial charge in [0.1, 0.15) is 12.2 Å². The Labute approximate surface area is 170 Å². The van der Waals surface area contributed by atoms with E-state index in [0.29, 0.717) is 6.61 Å². The van der Waals surface area contributed by atoms with E-state index in [-0.39, 0.29) is 30.7 Å². The molecular formula is C21H23ClO4S. The first kappa shape index (κ1) is 20.4. The monoisotopic (exact) mass is 406 g/mol. The van der Waals surface area contributed by atoms with Gasteiger partial charge < -0.3 is 31.4 Å². The Morgan fingerprint density at radius 2 is 1.67 bits per heavy atom. The van der Waals surface area contributed by atoms with Gasteiger partial charge in [-0.15, -0.1) is 0 Å². The summed E-state index contributed by atoms with van der Waals surface area (Å²) in [7, 11) is 0. The molecule has 2 aromatic carbocycles. The van der Waals surface area contributed by atoms with Crippen molar-refractivity contribution >= 4 is 16.7 Å². The molecule has 6 heteroatoms. The summed E-state index contributed by atoms with van der Waals surface area (Å²) < 4.78 is 24.3. The van der Waals surface area contributed by atoms with Crippen molar-refractivity contribution < 1.29 is 31.4 Å². The normalized spacial score (nSPS) is 28.8. The topological polar surface area (TPSA) is 36.9 Å². The van der Waals surface area contributed by atoms with Crippen molar-refractivity contribution in [2.24, 2.45) is 0 Å². The van der Waals surface area contributed by atoms with Crippen LogP contribution in [-0.4, -0.2) is 35.8 Å². The van der Waals surface area contributed by atoms with Crippen LogP contribution in [0.4, 0.5) is 0 Å². The Morgan fingerprint density at radius 3 is 2.37 bits per heavy atom. The van der Waals surface area contributed by atoms with E-state index in [2.05, 4.69) is 29.6 Å².